The number of phenolic OH excluding ortho intramolecular Hbond substituents is 1. The maximum Gasteiger partial charge on any atom is 0.222 e. The SMILES string of the molecule is Cc1cc(Oc2cccc(O)c2N)nc(C(C)C)n1. The Bertz CT molecular complexity index is 597. The number of phenols is 1. The quantitative estimate of drug-likeness (QED) is 0.654. The van der Waals surface area contributed by atoms with Gasteiger partial charge in [-0.15, -0.1) is 0 Å². The summed E-state index contributed by atoms with van der Waals surface area (Å²) in [6, 6.07) is 6.59. The first-order chi connectivity index (χ1) is 8.97. The Hall–Kier alpha value is -2.30. The Kier molecular flexibility index (Phi) is 3.55. The molecule has 5 nitrogen and oxygen atoms in total. The number of aromatic nitrogens is 2. The van der Waals surface area contributed by atoms with Crippen LogP contribution in [0.1, 0.15) is 31.3 Å². The van der Waals surface area contributed by atoms with Crippen LogP contribution in [0.2, 0.25) is 0 Å². The van der Waals surface area contributed by atoms with Gasteiger partial charge in [0.15, 0.2) is 5.75 Å². The van der Waals surface area contributed by atoms with Crippen molar-refractivity contribution in [2.75, 3.05) is 5.73 Å². The van der Waals surface area contributed by atoms with Crippen molar-refractivity contribution in [3.63, 3.8) is 0 Å². The first-order valence-electron chi connectivity index (χ1n) is 6.08. The summed E-state index contributed by atoms with van der Waals surface area (Å²) in [6.45, 7) is 5.91. The van der Waals surface area contributed by atoms with E-state index in [2.05, 4.69) is 9.97 Å². The summed E-state index contributed by atoms with van der Waals surface area (Å²) in [6.07, 6.45) is 0. The van der Waals surface area contributed by atoms with Gasteiger partial charge in [0, 0.05) is 17.7 Å². The van der Waals surface area contributed by atoms with E-state index in [-0.39, 0.29) is 17.4 Å². The standard InChI is InChI=1S/C14H17N3O2/c1-8(2)14-16-9(3)7-12(17-14)19-11-6-4-5-10(18)13(11)15/h4-8,18H,15H2,1-3H3. The van der Waals surface area contributed by atoms with E-state index < -0.39 is 0 Å². The number of anilines is 1. The molecule has 0 saturated carbocycles. The summed E-state index contributed by atoms with van der Waals surface area (Å²) in [5.41, 5.74) is 6.77. The van der Waals surface area contributed by atoms with Crippen LogP contribution in [0.25, 0.3) is 0 Å². The minimum Gasteiger partial charge on any atom is -0.506 e. The Morgan fingerprint density at radius 3 is 2.68 bits per heavy atom. The van der Waals surface area contributed by atoms with Crippen molar-refractivity contribution < 1.29 is 9.84 Å². The molecule has 0 fully saturated rings. The third kappa shape index (κ3) is 2.93. The first-order valence-corrected chi connectivity index (χ1v) is 6.08. The minimum absolute atomic E-state index is 0.00707. The van der Waals surface area contributed by atoms with Crippen LogP contribution in [0, 0.1) is 6.92 Å². The molecule has 3 N–H and O–H groups in total. The van der Waals surface area contributed by atoms with Crippen LogP contribution < -0.4 is 10.5 Å². The summed E-state index contributed by atoms with van der Waals surface area (Å²) in [4.78, 5) is 8.67. The van der Waals surface area contributed by atoms with Crippen LogP contribution in [0.5, 0.6) is 17.4 Å². The largest absolute Gasteiger partial charge is 0.506 e. The zero-order valence-electron chi connectivity index (χ0n) is 11.2. The van der Waals surface area contributed by atoms with Gasteiger partial charge in [0.2, 0.25) is 5.88 Å². The van der Waals surface area contributed by atoms with Crippen LogP contribution in [0.15, 0.2) is 24.3 Å². The van der Waals surface area contributed by atoms with E-state index in [1.807, 2.05) is 20.8 Å². The molecule has 5 heteroatoms. The molecule has 0 saturated heterocycles. The topological polar surface area (TPSA) is 81.3 Å². The van der Waals surface area contributed by atoms with Crippen LogP contribution in [-0.2, 0) is 0 Å². The number of nitrogens with two attached hydrogens (primary N) is 1. The fraction of sp³-hybridized carbons (Fsp3) is 0.286. The van der Waals surface area contributed by atoms with E-state index in [1.165, 1.54) is 6.07 Å². The smallest absolute Gasteiger partial charge is 0.222 e. The maximum absolute atomic E-state index is 9.54. The van der Waals surface area contributed by atoms with Gasteiger partial charge < -0.3 is 15.6 Å². The molecule has 0 aliphatic carbocycles. The van der Waals surface area contributed by atoms with Crippen LogP contribution in [0.3, 0.4) is 0 Å². The zero-order chi connectivity index (χ0) is 14.0. The Morgan fingerprint density at radius 1 is 1.26 bits per heavy atom. The molecule has 100 valence electrons. The van der Waals surface area contributed by atoms with Gasteiger partial charge in [-0.3, -0.25) is 0 Å². The van der Waals surface area contributed by atoms with E-state index in [4.69, 9.17) is 10.5 Å². The predicted molar refractivity (Wildman–Crippen MR) is 73.5 cm³/mol. The van der Waals surface area contributed by atoms with Crippen LogP contribution >= 0.6 is 0 Å². The Labute approximate surface area is 112 Å². The van der Waals surface area contributed by atoms with Crippen molar-refractivity contribution in [2.24, 2.45) is 0 Å². The summed E-state index contributed by atoms with van der Waals surface area (Å²) in [5.74, 6) is 1.73. The van der Waals surface area contributed by atoms with Crippen molar-refractivity contribution >= 4 is 5.69 Å². The first kappa shape index (κ1) is 13.1. The second-order valence-corrected chi connectivity index (χ2v) is 4.65. The summed E-state index contributed by atoms with van der Waals surface area (Å²) >= 11 is 0. The van der Waals surface area contributed by atoms with Crippen molar-refractivity contribution in [2.45, 2.75) is 26.7 Å². The number of aromatic hydroxyl groups is 1. The molecule has 1 aromatic carbocycles. The number of hydrogen-bond acceptors (Lipinski definition) is 5. The third-order valence-electron chi connectivity index (χ3n) is 2.62. The molecule has 19 heavy (non-hydrogen) atoms. The molecule has 0 bridgehead atoms. The van der Waals surface area contributed by atoms with Gasteiger partial charge in [-0.25, -0.2) is 4.98 Å². The molecular weight excluding hydrogens is 242 g/mol. The Morgan fingerprint density at radius 2 is 2.00 bits per heavy atom. The number of para-hydroxylation sites is 1. The predicted octanol–water partition coefficient (Wildman–Crippen LogP) is 2.99. The molecule has 0 unspecified atom stereocenters. The molecular formula is C14H17N3O2. The van der Waals surface area contributed by atoms with Crippen LogP contribution in [-0.4, -0.2) is 15.1 Å². The minimum atomic E-state index is -0.00707. The van der Waals surface area contributed by atoms with E-state index in [0.717, 1.165) is 5.69 Å². The van der Waals surface area contributed by atoms with Gasteiger partial charge in [0.1, 0.15) is 17.3 Å². The molecule has 2 aromatic rings. The molecule has 0 spiro atoms. The van der Waals surface area contributed by atoms with Gasteiger partial charge in [-0.1, -0.05) is 19.9 Å². The molecule has 0 amide bonds. The molecule has 1 aromatic heterocycles. The normalized spacial score (nSPS) is 10.7. The zero-order valence-corrected chi connectivity index (χ0v) is 11.2. The van der Waals surface area contributed by atoms with Crippen molar-refractivity contribution in [1.29, 1.82) is 0 Å². The lowest BCUT2D eigenvalue weighted by molar-refractivity contribution is 0.445. The van der Waals surface area contributed by atoms with E-state index >= 15 is 0 Å². The average molecular weight is 259 g/mol. The highest BCUT2D eigenvalue weighted by Gasteiger charge is 2.10. The number of nitrogens with zero attached hydrogens (tertiary/aromatic N) is 2. The van der Waals surface area contributed by atoms with Crippen molar-refractivity contribution in [3.05, 3.63) is 35.8 Å². The average Bonchev–Trinajstić information content (AvgIpc) is 2.34. The number of ether oxygens (including phenoxy) is 1. The Balaban J connectivity index is 2.35. The van der Waals surface area contributed by atoms with Gasteiger partial charge >= 0.3 is 0 Å². The lowest BCUT2D eigenvalue weighted by Crippen LogP contribution is -2.02. The molecule has 2 rings (SSSR count). The number of aryl methyl sites for hydroxylation is 1. The maximum atomic E-state index is 9.54. The highest BCUT2D eigenvalue weighted by atomic mass is 16.5. The van der Waals surface area contributed by atoms with E-state index in [0.29, 0.717) is 17.5 Å². The molecule has 0 aliphatic rings. The van der Waals surface area contributed by atoms with E-state index in [1.54, 1.807) is 18.2 Å². The lowest BCUT2D eigenvalue weighted by atomic mass is 10.2. The van der Waals surface area contributed by atoms with Gasteiger partial charge in [0.05, 0.1) is 0 Å². The summed E-state index contributed by atoms with van der Waals surface area (Å²) in [7, 11) is 0. The fourth-order valence-electron chi connectivity index (χ4n) is 1.61. The number of hydrogen-bond donors (Lipinski definition) is 2. The van der Waals surface area contributed by atoms with Gasteiger partial charge in [-0.2, -0.15) is 4.98 Å². The molecule has 1 heterocycles. The second kappa shape index (κ2) is 5.14. The number of nitrogen functional groups attached to an aromatic ring is 1. The monoisotopic (exact) mass is 259 g/mol. The van der Waals surface area contributed by atoms with Crippen molar-refractivity contribution in [1.82, 2.24) is 9.97 Å². The van der Waals surface area contributed by atoms with E-state index in [9.17, 15) is 5.11 Å². The highest BCUT2D eigenvalue weighted by molar-refractivity contribution is 5.62. The molecule has 0 atom stereocenters. The van der Waals surface area contributed by atoms with Gasteiger partial charge in [-0.05, 0) is 19.1 Å². The third-order valence-corrected chi connectivity index (χ3v) is 2.62. The number of benzene rings is 1. The summed E-state index contributed by atoms with van der Waals surface area (Å²) < 4.78 is 5.63. The highest BCUT2D eigenvalue weighted by Crippen LogP contribution is 2.33. The lowest BCUT2D eigenvalue weighted by Gasteiger charge is -2.11. The molecule has 0 radical (unpaired) electrons. The van der Waals surface area contributed by atoms with Gasteiger partial charge in [0.25, 0.3) is 0 Å². The van der Waals surface area contributed by atoms with Crippen molar-refractivity contribution in [3.8, 4) is 17.4 Å². The second-order valence-electron chi connectivity index (χ2n) is 4.65. The summed E-state index contributed by atoms with van der Waals surface area (Å²) in [5, 5.41) is 9.54. The van der Waals surface area contributed by atoms with Crippen LogP contribution in [0.4, 0.5) is 5.69 Å². The number of rotatable bonds is 3. The fourth-order valence-corrected chi connectivity index (χ4v) is 1.61. The molecule has 0 aliphatic heterocycles.